The summed E-state index contributed by atoms with van der Waals surface area (Å²) in [6.45, 7) is 1.95. The summed E-state index contributed by atoms with van der Waals surface area (Å²) >= 11 is 0. The lowest BCUT2D eigenvalue weighted by molar-refractivity contribution is -0.157. The number of alkyl halides is 3. The van der Waals surface area contributed by atoms with Crippen molar-refractivity contribution in [2.24, 2.45) is 0 Å². The van der Waals surface area contributed by atoms with E-state index < -0.39 is 35.7 Å². The molecule has 1 N–H and O–H groups in total. The number of nitrogens with one attached hydrogen (secondary N) is 1. The number of benzene rings is 1. The van der Waals surface area contributed by atoms with Crippen molar-refractivity contribution in [3.8, 4) is 0 Å². The van der Waals surface area contributed by atoms with Crippen LogP contribution in [0.25, 0.3) is 0 Å². The van der Waals surface area contributed by atoms with E-state index >= 15 is 0 Å². The number of piperazine rings is 1. The molecule has 0 saturated carbocycles. The molecule has 13 heteroatoms. The number of rotatable bonds is 9. The molecule has 0 bridgehead atoms. The Morgan fingerprint density at radius 3 is 2.41 bits per heavy atom. The number of carbonyl (C=O) groups is 3. The van der Waals surface area contributed by atoms with Crippen molar-refractivity contribution < 1.29 is 32.3 Å². The molecule has 0 aliphatic carbocycles. The Balaban J connectivity index is 0.00000420. The summed E-state index contributed by atoms with van der Waals surface area (Å²) in [5.74, 6) is -1.33. The molecular weight excluding hydrogens is 539 g/mol. The van der Waals surface area contributed by atoms with Crippen LogP contribution in [0.3, 0.4) is 0 Å². The molecule has 39 heavy (non-hydrogen) atoms. The summed E-state index contributed by atoms with van der Waals surface area (Å²) in [5, 5.41) is 2.73. The second kappa shape index (κ2) is 11.9. The number of nitrogens with zero attached hydrogens (tertiary/aromatic N) is 4. The molecule has 4 rings (SSSR count). The average molecular weight is 570 g/mol. The Morgan fingerprint density at radius 2 is 1.77 bits per heavy atom. The highest BCUT2D eigenvalue weighted by Crippen LogP contribution is 2.38. The number of amides is 4. The number of halogens is 4. The van der Waals surface area contributed by atoms with Gasteiger partial charge in [-0.15, -0.1) is 12.4 Å². The van der Waals surface area contributed by atoms with E-state index in [9.17, 15) is 27.6 Å². The highest BCUT2D eigenvalue weighted by Gasteiger charge is 2.62. The van der Waals surface area contributed by atoms with Crippen molar-refractivity contribution in [1.29, 1.82) is 0 Å². The number of hydrogen-bond donors (Lipinski definition) is 1. The van der Waals surface area contributed by atoms with Crippen molar-refractivity contribution in [3.05, 3.63) is 66.0 Å². The lowest BCUT2D eigenvalue weighted by Gasteiger charge is -2.49. The van der Waals surface area contributed by atoms with Crippen LogP contribution in [0.15, 0.2) is 54.7 Å². The molecule has 1 aromatic carbocycles. The molecule has 1 aromatic heterocycles. The van der Waals surface area contributed by atoms with E-state index in [1.54, 1.807) is 36.9 Å². The molecule has 1 atom stereocenters. The number of urea groups is 1. The first-order valence-corrected chi connectivity index (χ1v) is 12.2. The van der Waals surface area contributed by atoms with E-state index in [2.05, 4.69) is 10.3 Å². The van der Waals surface area contributed by atoms with Gasteiger partial charge in [-0.1, -0.05) is 36.4 Å². The van der Waals surface area contributed by atoms with Gasteiger partial charge in [0.05, 0.1) is 12.1 Å². The Hall–Kier alpha value is -3.22. The molecule has 3 heterocycles. The smallest absolute Gasteiger partial charge is 0.357 e. The van der Waals surface area contributed by atoms with E-state index in [0.717, 1.165) is 5.56 Å². The zero-order valence-electron chi connectivity index (χ0n) is 21.6. The fourth-order valence-electron chi connectivity index (χ4n) is 4.91. The molecular formula is C26H31ClF3N5O4. The highest BCUT2D eigenvalue weighted by atomic mass is 35.5. The summed E-state index contributed by atoms with van der Waals surface area (Å²) in [4.78, 5) is 47.1. The van der Waals surface area contributed by atoms with Crippen LogP contribution in [0.5, 0.6) is 0 Å². The first-order valence-electron chi connectivity index (χ1n) is 12.2. The standard InChI is InChI=1S/C26H30F3N5O4.ClH/c1-24(2,21(35)31-18-38-15-19-8-4-3-5-9-19)32-12-13-34-23(37)33(17-26(27,28)29)22(36)25(34,16-32)14-20-10-6-7-11-30-20;/h3-11H,12-18H2,1-2H3,(H,31,35);1H/t25-;/m0./s1. The van der Waals surface area contributed by atoms with Crippen LogP contribution in [0.4, 0.5) is 18.0 Å². The number of hydrogen-bond acceptors (Lipinski definition) is 6. The van der Waals surface area contributed by atoms with E-state index in [4.69, 9.17) is 4.74 Å². The average Bonchev–Trinajstić information content (AvgIpc) is 3.07. The van der Waals surface area contributed by atoms with Crippen LogP contribution in [-0.2, 0) is 27.4 Å². The van der Waals surface area contributed by atoms with Gasteiger partial charge in [-0.3, -0.25) is 24.4 Å². The number of ether oxygens (including phenoxy) is 1. The first-order chi connectivity index (χ1) is 17.9. The minimum atomic E-state index is -4.75. The van der Waals surface area contributed by atoms with E-state index in [1.807, 2.05) is 30.3 Å². The van der Waals surface area contributed by atoms with E-state index in [1.165, 1.54) is 11.1 Å². The van der Waals surface area contributed by atoms with Gasteiger partial charge in [0, 0.05) is 37.9 Å². The van der Waals surface area contributed by atoms with Crippen LogP contribution in [0, 0.1) is 0 Å². The summed E-state index contributed by atoms with van der Waals surface area (Å²) in [6, 6.07) is 13.5. The normalized spacial score (nSPS) is 20.0. The van der Waals surface area contributed by atoms with Crippen LogP contribution in [-0.4, -0.2) is 87.7 Å². The van der Waals surface area contributed by atoms with Crippen molar-refractivity contribution in [2.45, 2.75) is 44.1 Å². The third-order valence-electron chi connectivity index (χ3n) is 7.00. The Bertz CT molecular complexity index is 1170. The van der Waals surface area contributed by atoms with Gasteiger partial charge in [-0.05, 0) is 31.5 Å². The van der Waals surface area contributed by atoms with E-state index in [0.29, 0.717) is 12.3 Å². The third kappa shape index (κ3) is 6.51. The highest BCUT2D eigenvalue weighted by molar-refractivity contribution is 6.07. The zero-order valence-corrected chi connectivity index (χ0v) is 22.4. The number of aromatic nitrogens is 1. The van der Waals surface area contributed by atoms with Crippen LogP contribution in [0.1, 0.15) is 25.1 Å². The quantitative estimate of drug-likeness (QED) is 0.283. The summed E-state index contributed by atoms with van der Waals surface area (Å²) in [6.07, 6.45) is -3.32. The molecule has 2 aliphatic rings. The second-order valence-electron chi connectivity index (χ2n) is 9.93. The molecule has 9 nitrogen and oxygen atoms in total. The van der Waals surface area contributed by atoms with Gasteiger partial charge in [0.1, 0.15) is 18.8 Å². The fraction of sp³-hybridized carbons (Fsp3) is 0.462. The Labute approximate surface area is 230 Å². The fourth-order valence-corrected chi connectivity index (χ4v) is 4.91. The Kier molecular flexibility index (Phi) is 9.24. The van der Waals surface area contributed by atoms with Gasteiger partial charge in [-0.25, -0.2) is 4.79 Å². The van der Waals surface area contributed by atoms with Gasteiger partial charge in [-0.2, -0.15) is 13.2 Å². The monoisotopic (exact) mass is 569 g/mol. The molecule has 0 spiro atoms. The molecule has 2 fully saturated rings. The molecule has 2 aromatic rings. The number of fused-ring (bicyclic) bond motifs is 1. The molecule has 0 unspecified atom stereocenters. The van der Waals surface area contributed by atoms with Gasteiger partial charge < -0.3 is 15.0 Å². The summed E-state index contributed by atoms with van der Waals surface area (Å²) < 4.78 is 45.3. The minimum Gasteiger partial charge on any atom is -0.357 e. The zero-order chi connectivity index (χ0) is 27.6. The third-order valence-corrected chi connectivity index (χ3v) is 7.00. The summed E-state index contributed by atoms with van der Waals surface area (Å²) in [7, 11) is 0. The lowest BCUT2D eigenvalue weighted by Crippen LogP contribution is -2.69. The van der Waals surface area contributed by atoms with Gasteiger partial charge >= 0.3 is 12.2 Å². The lowest BCUT2D eigenvalue weighted by atomic mass is 9.86. The van der Waals surface area contributed by atoms with Crippen molar-refractivity contribution >= 4 is 30.3 Å². The molecule has 2 aliphatic heterocycles. The maximum Gasteiger partial charge on any atom is 0.406 e. The summed E-state index contributed by atoms with van der Waals surface area (Å²) in [5.41, 5.74) is -1.39. The van der Waals surface area contributed by atoms with Crippen LogP contribution >= 0.6 is 12.4 Å². The number of carbonyl (C=O) groups excluding carboxylic acids is 3. The largest absolute Gasteiger partial charge is 0.406 e. The number of imide groups is 1. The molecule has 0 radical (unpaired) electrons. The first kappa shape index (κ1) is 30.3. The number of pyridine rings is 1. The SMILES string of the molecule is CC(C)(C(=O)NCOCc1ccccc1)N1CCN2C(=O)N(CC(F)(F)F)C(=O)[C@]2(Cc2ccccn2)C1.Cl. The van der Waals surface area contributed by atoms with Crippen molar-refractivity contribution in [3.63, 3.8) is 0 Å². The molecule has 212 valence electrons. The predicted octanol–water partition coefficient (Wildman–Crippen LogP) is 3.00. The topological polar surface area (TPSA) is 95.1 Å². The van der Waals surface area contributed by atoms with Gasteiger partial charge in [0.2, 0.25) is 5.91 Å². The van der Waals surface area contributed by atoms with Crippen LogP contribution in [0.2, 0.25) is 0 Å². The van der Waals surface area contributed by atoms with E-state index in [-0.39, 0.29) is 56.0 Å². The predicted molar refractivity (Wildman–Crippen MR) is 138 cm³/mol. The van der Waals surface area contributed by atoms with Gasteiger partial charge in [0.25, 0.3) is 5.91 Å². The maximum atomic E-state index is 13.5. The molecule has 2 saturated heterocycles. The van der Waals surface area contributed by atoms with Crippen molar-refractivity contribution in [1.82, 2.24) is 25.0 Å². The second-order valence-corrected chi connectivity index (χ2v) is 9.93. The Morgan fingerprint density at radius 1 is 1.08 bits per heavy atom. The minimum absolute atomic E-state index is 0. The van der Waals surface area contributed by atoms with Crippen LogP contribution < -0.4 is 5.32 Å². The maximum absolute atomic E-state index is 13.5. The molecule has 4 amide bonds. The van der Waals surface area contributed by atoms with Crippen molar-refractivity contribution in [2.75, 3.05) is 32.9 Å². The van der Waals surface area contributed by atoms with Gasteiger partial charge in [0.15, 0.2) is 0 Å².